The third kappa shape index (κ3) is 4.37. The summed E-state index contributed by atoms with van der Waals surface area (Å²) in [6.07, 6.45) is 1.24. The molecule has 0 bridgehead atoms. The van der Waals surface area contributed by atoms with Gasteiger partial charge < -0.3 is 9.15 Å². The quantitative estimate of drug-likeness (QED) is 0.272. The van der Waals surface area contributed by atoms with Gasteiger partial charge in [-0.2, -0.15) is 10.4 Å². The van der Waals surface area contributed by atoms with Crippen molar-refractivity contribution in [2.45, 2.75) is 23.6 Å². The van der Waals surface area contributed by atoms with E-state index >= 15 is 0 Å². The van der Waals surface area contributed by atoms with Gasteiger partial charge in [-0.05, 0) is 44.2 Å². The summed E-state index contributed by atoms with van der Waals surface area (Å²) in [6.45, 7) is 3.76. The van der Waals surface area contributed by atoms with E-state index in [0.29, 0.717) is 15.9 Å². The number of nitriles is 1. The number of hydrogen-bond acceptors (Lipinski definition) is 8. The molecule has 0 fully saturated rings. The fraction of sp³-hybridized carbons (Fsp3) is 0.130. The van der Waals surface area contributed by atoms with Crippen LogP contribution in [0.1, 0.15) is 23.6 Å². The zero-order chi connectivity index (χ0) is 22.0. The highest BCUT2D eigenvalue weighted by atomic mass is 32.2. The van der Waals surface area contributed by atoms with Crippen molar-refractivity contribution in [2.75, 3.05) is 6.61 Å². The van der Waals surface area contributed by atoms with Gasteiger partial charge in [0.25, 0.3) is 0 Å². The van der Waals surface area contributed by atoms with Gasteiger partial charge in [0, 0.05) is 20.7 Å². The lowest BCUT2D eigenvalue weighted by Crippen LogP contribution is -2.10. The highest BCUT2D eigenvalue weighted by molar-refractivity contribution is 7.99. The van der Waals surface area contributed by atoms with E-state index in [1.807, 2.05) is 49.4 Å². The molecule has 2 aromatic carbocycles. The molecule has 0 saturated carbocycles. The van der Waals surface area contributed by atoms with Crippen LogP contribution in [-0.4, -0.2) is 18.4 Å². The molecule has 0 saturated heterocycles. The Hall–Kier alpha value is -3.83. The minimum Gasteiger partial charge on any atom is -0.462 e. The van der Waals surface area contributed by atoms with E-state index in [4.69, 9.17) is 9.15 Å². The first kappa shape index (κ1) is 20.4. The van der Waals surface area contributed by atoms with Gasteiger partial charge in [0.2, 0.25) is 0 Å². The minimum atomic E-state index is -0.788. The van der Waals surface area contributed by atoms with Gasteiger partial charge in [-0.25, -0.2) is 9.59 Å². The molecule has 0 radical (unpaired) electrons. The molecule has 31 heavy (non-hydrogen) atoms. The second-order valence-corrected chi connectivity index (χ2v) is 7.80. The van der Waals surface area contributed by atoms with Crippen LogP contribution in [0, 0.1) is 18.3 Å². The molecule has 1 N–H and O–H groups in total. The van der Waals surface area contributed by atoms with Crippen LogP contribution in [-0.2, 0) is 9.53 Å². The Labute approximate surface area is 182 Å². The highest BCUT2D eigenvalue weighted by Gasteiger charge is 2.20. The Kier molecular flexibility index (Phi) is 5.60. The molecule has 154 valence electrons. The van der Waals surface area contributed by atoms with E-state index in [2.05, 4.69) is 10.5 Å². The summed E-state index contributed by atoms with van der Waals surface area (Å²) in [6, 6.07) is 15.1. The number of amidine groups is 1. The van der Waals surface area contributed by atoms with E-state index in [1.165, 1.54) is 17.8 Å². The molecule has 2 heterocycles. The van der Waals surface area contributed by atoms with E-state index in [-0.39, 0.29) is 17.7 Å². The van der Waals surface area contributed by atoms with E-state index < -0.39 is 11.6 Å². The smallest absolute Gasteiger partial charge is 0.348 e. The predicted octanol–water partition coefficient (Wildman–Crippen LogP) is 3.99. The Bertz CT molecular complexity index is 1350. The molecule has 1 aromatic heterocycles. The third-order valence-corrected chi connectivity index (χ3v) is 5.69. The fourth-order valence-corrected chi connectivity index (χ4v) is 3.98. The SMILES string of the molecule is CCOC(=O)C(C#N)=Cc1c(Sc2ccc(C)cc2)c2ccc(C3=NN3)cc2oc1=O. The zero-order valence-electron chi connectivity index (χ0n) is 16.8. The predicted molar refractivity (Wildman–Crippen MR) is 118 cm³/mol. The number of esters is 1. The number of fused-ring (bicyclic) bond motifs is 1. The summed E-state index contributed by atoms with van der Waals surface area (Å²) in [5.74, 6) is -0.0701. The third-order valence-electron chi connectivity index (χ3n) is 4.54. The van der Waals surface area contributed by atoms with Crippen molar-refractivity contribution in [3.05, 3.63) is 75.1 Å². The number of benzene rings is 2. The Morgan fingerprint density at radius 1 is 1.29 bits per heavy atom. The molecule has 0 amide bonds. The summed E-state index contributed by atoms with van der Waals surface area (Å²) in [5, 5.41) is 14.1. The number of carbonyl (C=O) groups is 1. The number of hydrogen-bond donors (Lipinski definition) is 1. The summed E-state index contributed by atoms with van der Waals surface area (Å²) in [4.78, 5) is 26.5. The van der Waals surface area contributed by atoms with Crippen LogP contribution < -0.4 is 11.1 Å². The standard InChI is InChI=1S/C23H17N3O4S/c1-3-29-22(27)15(12-24)10-18-20(31-16-7-4-13(2)5-8-16)17-9-6-14(21-25-26-21)11-19(17)30-23(18)28/h4-11H,3H2,1-2H3,(H,25,26). The number of hydrazone groups is 1. The molecule has 0 atom stereocenters. The summed E-state index contributed by atoms with van der Waals surface area (Å²) in [7, 11) is 0. The number of nitrogens with one attached hydrogen (secondary N) is 1. The molecular weight excluding hydrogens is 414 g/mol. The molecule has 1 aliphatic rings. The first-order valence-corrected chi connectivity index (χ1v) is 10.3. The Balaban J connectivity index is 1.91. The molecule has 0 aliphatic carbocycles. The number of nitrogens with zero attached hydrogens (tertiary/aromatic N) is 2. The molecule has 1 aliphatic heterocycles. The number of aryl methyl sites for hydroxylation is 1. The molecule has 0 unspecified atom stereocenters. The van der Waals surface area contributed by atoms with Gasteiger partial charge in [-0.1, -0.05) is 35.5 Å². The lowest BCUT2D eigenvalue weighted by Gasteiger charge is -2.10. The van der Waals surface area contributed by atoms with Crippen molar-refractivity contribution in [3.63, 3.8) is 0 Å². The van der Waals surface area contributed by atoms with Crippen LogP contribution in [0.15, 0.2) is 72.1 Å². The average molecular weight is 431 g/mol. The molecule has 3 aromatic rings. The first-order chi connectivity index (χ1) is 15.0. The topological polar surface area (TPSA) is 115 Å². The van der Waals surface area contributed by atoms with Crippen molar-refractivity contribution in [1.82, 2.24) is 5.43 Å². The first-order valence-electron chi connectivity index (χ1n) is 9.48. The van der Waals surface area contributed by atoms with Crippen molar-refractivity contribution in [1.29, 1.82) is 5.26 Å². The summed E-state index contributed by atoms with van der Waals surface area (Å²) >= 11 is 1.36. The van der Waals surface area contributed by atoms with Crippen LogP contribution in [0.25, 0.3) is 17.0 Å². The molecule has 8 heteroatoms. The minimum absolute atomic E-state index is 0.121. The maximum Gasteiger partial charge on any atom is 0.348 e. The number of ether oxygens (including phenoxy) is 1. The second kappa shape index (κ2) is 8.50. The zero-order valence-corrected chi connectivity index (χ0v) is 17.6. The van der Waals surface area contributed by atoms with Gasteiger partial charge in [0.05, 0.1) is 12.2 Å². The normalized spacial score (nSPS) is 12.7. The van der Waals surface area contributed by atoms with Gasteiger partial charge in [-0.3, -0.25) is 5.43 Å². The molecular formula is C23H17N3O4S. The van der Waals surface area contributed by atoms with E-state index in [0.717, 1.165) is 21.9 Å². The van der Waals surface area contributed by atoms with Crippen molar-refractivity contribution in [2.24, 2.45) is 5.10 Å². The highest BCUT2D eigenvalue weighted by Crippen LogP contribution is 2.36. The van der Waals surface area contributed by atoms with Gasteiger partial charge in [-0.15, -0.1) is 0 Å². The monoisotopic (exact) mass is 431 g/mol. The lowest BCUT2D eigenvalue weighted by atomic mass is 10.1. The summed E-state index contributed by atoms with van der Waals surface area (Å²) < 4.78 is 10.5. The largest absolute Gasteiger partial charge is 0.462 e. The Morgan fingerprint density at radius 2 is 2.03 bits per heavy atom. The molecule has 4 rings (SSSR count). The lowest BCUT2D eigenvalue weighted by molar-refractivity contribution is -0.137. The average Bonchev–Trinajstić information content (AvgIpc) is 3.60. The van der Waals surface area contributed by atoms with Crippen LogP contribution in [0.3, 0.4) is 0 Å². The van der Waals surface area contributed by atoms with Gasteiger partial charge >= 0.3 is 11.6 Å². The number of rotatable bonds is 6. The van der Waals surface area contributed by atoms with Gasteiger partial charge in [0.1, 0.15) is 17.2 Å². The Morgan fingerprint density at radius 3 is 2.68 bits per heavy atom. The van der Waals surface area contributed by atoms with Crippen molar-refractivity contribution >= 4 is 40.6 Å². The van der Waals surface area contributed by atoms with Crippen LogP contribution in [0.5, 0.6) is 0 Å². The molecule has 7 nitrogen and oxygen atoms in total. The maximum atomic E-state index is 12.9. The maximum absolute atomic E-state index is 12.9. The van der Waals surface area contributed by atoms with Crippen molar-refractivity contribution in [3.8, 4) is 6.07 Å². The number of carbonyl (C=O) groups excluding carboxylic acids is 1. The fourth-order valence-electron chi connectivity index (χ4n) is 2.94. The van der Waals surface area contributed by atoms with Crippen LogP contribution >= 0.6 is 11.8 Å². The van der Waals surface area contributed by atoms with Crippen LogP contribution in [0.2, 0.25) is 0 Å². The van der Waals surface area contributed by atoms with Gasteiger partial charge in [0.15, 0.2) is 5.84 Å². The summed E-state index contributed by atoms with van der Waals surface area (Å²) in [5.41, 5.74) is 4.28. The molecule has 0 spiro atoms. The van der Waals surface area contributed by atoms with E-state index in [9.17, 15) is 14.9 Å². The van der Waals surface area contributed by atoms with Crippen molar-refractivity contribution < 1.29 is 13.9 Å². The van der Waals surface area contributed by atoms with Crippen LogP contribution in [0.4, 0.5) is 0 Å². The second-order valence-electron chi connectivity index (χ2n) is 6.72. The van der Waals surface area contributed by atoms with E-state index in [1.54, 1.807) is 13.0 Å².